The molecule has 1 aliphatic rings. The quantitative estimate of drug-likeness (QED) is 0.668. The third-order valence-corrected chi connectivity index (χ3v) is 5.33. The van der Waals surface area contributed by atoms with Crippen LogP contribution in [0.5, 0.6) is 0 Å². The van der Waals surface area contributed by atoms with Crippen molar-refractivity contribution >= 4 is 17.3 Å². The van der Waals surface area contributed by atoms with Crippen molar-refractivity contribution in [3.63, 3.8) is 0 Å². The van der Waals surface area contributed by atoms with E-state index in [2.05, 4.69) is 58.1 Å². The molecule has 0 bridgehead atoms. The van der Waals surface area contributed by atoms with Crippen LogP contribution in [0, 0.1) is 6.92 Å². The van der Waals surface area contributed by atoms with Crippen molar-refractivity contribution in [2.75, 3.05) is 24.5 Å². The summed E-state index contributed by atoms with van der Waals surface area (Å²) in [7, 11) is 0. The molecule has 1 aromatic heterocycles. The Balaban J connectivity index is 1.39. The minimum atomic E-state index is 0.408. The van der Waals surface area contributed by atoms with E-state index in [0.29, 0.717) is 29.3 Å². The highest BCUT2D eigenvalue weighted by atomic mass is 35.5. The number of anilines is 1. The maximum absolute atomic E-state index is 5.94. The Kier molecular flexibility index (Phi) is 5.14. The average molecular weight is 383 g/mol. The van der Waals surface area contributed by atoms with Crippen LogP contribution < -0.4 is 4.90 Å². The number of rotatable bonds is 4. The monoisotopic (exact) mass is 382 g/mol. The summed E-state index contributed by atoms with van der Waals surface area (Å²) in [6, 6.07) is 16.6. The first-order chi connectivity index (χ1) is 13.1. The largest absolute Gasteiger partial charge is 0.369 e. The molecule has 0 spiro atoms. The minimum Gasteiger partial charge on any atom is -0.369 e. The number of piperazine rings is 1. The van der Waals surface area contributed by atoms with Gasteiger partial charge in [-0.2, -0.15) is 4.98 Å². The van der Waals surface area contributed by atoms with Crippen LogP contribution >= 0.6 is 11.6 Å². The third-order valence-electron chi connectivity index (χ3n) is 5.07. The fraction of sp³-hybridized carbons (Fsp3) is 0.333. The molecule has 140 valence electrons. The molecule has 2 heterocycles. The smallest absolute Gasteiger partial charge is 0.241 e. The van der Waals surface area contributed by atoms with Crippen LogP contribution in [-0.2, 0) is 6.54 Å². The van der Waals surface area contributed by atoms with Crippen molar-refractivity contribution in [3.05, 3.63) is 65.0 Å². The van der Waals surface area contributed by atoms with Crippen molar-refractivity contribution in [1.29, 1.82) is 0 Å². The molecule has 0 saturated carbocycles. The lowest BCUT2D eigenvalue weighted by atomic mass is 10.1. The summed E-state index contributed by atoms with van der Waals surface area (Å²) in [6.45, 7) is 7.98. The summed E-state index contributed by atoms with van der Waals surface area (Å²) >= 11 is 5.94. The third kappa shape index (κ3) is 4.15. The Labute approximate surface area is 164 Å². The second-order valence-corrected chi connectivity index (χ2v) is 7.56. The van der Waals surface area contributed by atoms with Crippen LogP contribution in [0.4, 0.5) is 5.69 Å². The molecule has 0 unspecified atom stereocenters. The highest BCUT2D eigenvalue weighted by Gasteiger charge is 2.25. The Morgan fingerprint density at radius 2 is 1.81 bits per heavy atom. The van der Waals surface area contributed by atoms with Crippen LogP contribution in [0.2, 0.25) is 5.02 Å². The molecule has 4 rings (SSSR count). The van der Waals surface area contributed by atoms with Crippen LogP contribution in [0.15, 0.2) is 53.1 Å². The number of halogens is 1. The van der Waals surface area contributed by atoms with Gasteiger partial charge in [0, 0.05) is 41.9 Å². The van der Waals surface area contributed by atoms with Gasteiger partial charge in [-0.25, -0.2) is 0 Å². The van der Waals surface area contributed by atoms with E-state index in [9.17, 15) is 0 Å². The van der Waals surface area contributed by atoms with Gasteiger partial charge in [0.1, 0.15) is 0 Å². The first-order valence-electron chi connectivity index (χ1n) is 9.23. The normalized spacial score (nSPS) is 18.0. The molecule has 3 aromatic rings. The molecule has 1 saturated heterocycles. The van der Waals surface area contributed by atoms with Gasteiger partial charge in [0.2, 0.25) is 11.7 Å². The molecule has 5 nitrogen and oxygen atoms in total. The summed E-state index contributed by atoms with van der Waals surface area (Å²) in [5.41, 5.74) is 3.49. The minimum absolute atomic E-state index is 0.408. The fourth-order valence-corrected chi connectivity index (χ4v) is 3.56. The van der Waals surface area contributed by atoms with Gasteiger partial charge in [0.15, 0.2) is 0 Å². The van der Waals surface area contributed by atoms with E-state index in [1.54, 1.807) is 0 Å². The fourth-order valence-electron chi connectivity index (χ4n) is 3.43. The lowest BCUT2D eigenvalue weighted by Crippen LogP contribution is -2.51. The number of nitrogens with zero attached hydrogens (tertiary/aromatic N) is 4. The van der Waals surface area contributed by atoms with Gasteiger partial charge in [0.25, 0.3) is 0 Å². The van der Waals surface area contributed by atoms with E-state index in [-0.39, 0.29) is 0 Å². The molecule has 2 aromatic carbocycles. The molecule has 1 atom stereocenters. The zero-order chi connectivity index (χ0) is 18.8. The van der Waals surface area contributed by atoms with Crippen molar-refractivity contribution in [1.82, 2.24) is 15.0 Å². The van der Waals surface area contributed by atoms with Crippen molar-refractivity contribution < 1.29 is 4.52 Å². The molecule has 0 amide bonds. The molecule has 6 heteroatoms. The predicted molar refractivity (Wildman–Crippen MR) is 108 cm³/mol. The van der Waals surface area contributed by atoms with Crippen molar-refractivity contribution in [2.45, 2.75) is 26.4 Å². The lowest BCUT2D eigenvalue weighted by molar-refractivity contribution is 0.159. The number of benzene rings is 2. The van der Waals surface area contributed by atoms with Gasteiger partial charge in [-0.05, 0) is 50.2 Å². The molecule has 1 fully saturated rings. The van der Waals surface area contributed by atoms with E-state index < -0.39 is 0 Å². The van der Waals surface area contributed by atoms with Gasteiger partial charge in [-0.3, -0.25) is 4.90 Å². The van der Waals surface area contributed by atoms with Gasteiger partial charge in [0.05, 0.1) is 6.54 Å². The van der Waals surface area contributed by atoms with Gasteiger partial charge in [-0.1, -0.05) is 34.5 Å². The number of aryl methyl sites for hydroxylation is 1. The second-order valence-electron chi connectivity index (χ2n) is 7.12. The van der Waals surface area contributed by atoms with Crippen LogP contribution in [-0.4, -0.2) is 40.7 Å². The summed E-state index contributed by atoms with van der Waals surface area (Å²) in [5, 5.41) is 4.81. The molecule has 0 N–H and O–H groups in total. The lowest BCUT2D eigenvalue weighted by Gasteiger charge is -2.40. The van der Waals surface area contributed by atoms with Crippen LogP contribution in [0.3, 0.4) is 0 Å². The second kappa shape index (κ2) is 7.71. The number of hydrogen-bond donors (Lipinski definition) is 0. The summed E-state index contributed by atoms with van der Waals surface area (Å²) in [4.78, 5) is 9.38. The molecule has 0 radical (unpaired) electrons. The zero-order valence-electron chi connectivity index (χ0n) is 15.6. The van der Waals surface area contributed by atoms with E-state index in [1.807, 2.05) is 24.3 Å². The van der Waals surface area contributed by atoms with Gasteiger partial charge >= 0.3 is 0 Å². The Hall–Kier alpha value is -2.37. The topological polar surface area (TPSA) is 45.4 Å². The number of hydrogen-bond acceptors (Lipinski definition) is 5. The Morgan fingerprint density at radius 3 is 2.52 bits per heavy atom. The first-order valence-corrected chi connectivity index (χ1v) is 9.60. The van der Waals surface area contributed by atoms with Crippen LogP contribution in [0.1, 0.15) is 18.4 Å². The molecular formula is C21H23ClN4O. The first kappa shape index (κ1) is 18.0. The van der Waals surface area contributed by atoms with Crippen molar-refractivity contribution in [2.24, 2.45) is 0 Å². The Bertz CT molecular complexity index is 891. The van der Waals surface area contributed by atoms with Crippen molar-refractivity contribution in [3.8, 4) is 11.4 Å². The molecule has 27 heavy (non-hydrogen) atoms. The van der Waals surface area contributed by atoms with E-state index in [0.717, 1.165) is 25.2 Å². The molecule has 0 aliphatic carbocycles. The summed E-state index contributed by atoms with van der Waals surface area (Å²) in [5.74, 6) is 1.25. The van der Waals surface area contributed by atoms with Gasteiger partial charge in [-0.15, -0.1) is 0 Å². The Morgan fingerprint density at radius 1 is 1.07 bits per heavy atom. The highest BCUT2D eigenvalue weighted by Crippen LogP contribution is 2.22. The highest BCUT2D eigenvalue weighted by molar-refractivity contribution is 6.30. The zero-order valence-corrected chi connectivity index (χ0v) is 16.4. The number of aromatic nitrogens is 2. The maximum Gasteiger partial charge on any atom is 0.241 e. The standard InChI is InChI=1S/C21H23ClN4O/c1-15-3-9-19(10-4-15)26-12-11-25(16(2)13-26)14-20-23-21(24-27-20)17-5-7-18(22)8-6-17/h3-10,16H,11-14H2,1-2H3/t16-/m0/s1. The van der Waals surface area contributed by atoms with E-state index in [1.165, 1.54) is 11.3 Å². The molecule has 1 aliphatic heterocycles. The summed E-state index contributed by atoms with van der Waals surface area (Å²) < 4.78 is 5.48. The summed E-state index contributed by atoms with van der Waals surface area (Å²) in [6.07, 6.45) is 0. The predicted octanol–water partition coefficient (Wildman–Crippen LogP) is 4.41. The molecular weight excluding hydrogens is 360 g/mol. The van der Waals surface area contributed by atoms with E-state index in [4.69, 9.17) is 16.1 Å². The maximum atomic E-state index is 5.94. The SMILES string of the molecule is Cc1ccc(N2CCN(Cc3nc(-c4ccc(Cl)cc4)no3)[C@@H](C)C2)cc1. The van der Waals surface area contributed by atoms with Gasteiger partial charge < -0.3 is 9.42 Å². The van der Waals surface area contributed by atoms with Crippen LogP contribution in [0.25, 0.3) is 11.4 Å². The average Bonchev–Trinajstić information content (AvgIpc) is 3.13. The van der Waals surface area contributed by atoms with E-state index >= 15 is 0 Å².